The Morgan fingerprint density at radius 2 is 2.00 bits per heavy atom. The second-order valence-electron chi connectivity index (χ2n) is 3.53. The van der Waals surface area contributed by atoms with E-state index in [0.29, 0.717) is 6.04 Å². The van der Waals surface area contributed by atoms with E-state index in [4.69, 9.17) is 0 Å². The van der Waals surface area contributed by atoms with Crippen LogP contribution < -0.4 is 5.32 Å². The summed E-state index contributed by atoms with van der Waals surface area (Å²) in [6.07, 6.45) is 5.50. The molecule has 0 heterocycles. The number of nitrogens with one attached hydrogen (secondary N) is 1. The van der Waals surface area contributed by atoms with Gasteiger partial charge in [-0.1, -0.05) is 49.4 Å². The average Bonchev–Trinajstić information content (AvgIpc) is 2.25. The molecular weight excluding hydrogens is 170 g/mol. The normalized spacial score (nSPS) is 13.3. The van der Waals surface area contributed by atoms with Crippen LogP contribution >= 0.6 is 0 Å². The van der Waals surface area contributed by atoms with Gasteiger partial charge in [-0.15, -0.1) is 0 Å². The van der Waals surface area contributed by atoms with Crippen molar-refractivity contribution in [2.24, 2.45) is 0 Å². The summed E-state index contributed by atoms with van der Waals surface area (Å²) in [5.74, 6) is 0. The predicted octanol–water partition coefficient (Wildman–Crippen LogP) is 3.09. The molecule has 1 unspecified atom stereocenters. The average molecular weight is 189 g/mol. The van der Waals surface area contributed by atoms with Crippen molar-refractivity contribution in [2.75, 3.05) is 6.54 Å². The van der Waals surface area contributed by atoms with Crippen LogP contribution in [0.3, 0.4) is 0 Å². The van der Waals surface area contributed by atoms with Crippen LogP contribution in [-0.2, 0) is 0 Å². The summed E-state index contributed by atoms with van der Waals surface area (Å²) < 4.78 is 0. The Bertz CT molecular complexity index is 264. The molecule has 14 heavy (non-hydrogen) atoms. The lowest BCUT2D eigenvalue weighted by Crippen LogP contribution is -2.24. The van der Waals surface area contributed by atoms with Crippen LogP contribution in [0.15, 0.2) is 36.4 Å². The van der Waals surface area contributed by atoms with E-state index in [2.05, 4.69) is 55.6 Å². The summed E-state index contributed by atoms with van der Waals surface area (Å²) in [5.41, 5.74) is 1.26. The van der Waals surface area contributed by atoms with Gasteiger partial charge in [-0.2, -0.15) is 0 Å². The molecule has 0 spiro atoms. The Morgan fingerprint density at radius 1 is 1.29 bits per heavy atom. The first-order valence-electron chi connectivity index (χ1n) is 5.28. The van der Waals surface area contributed by atoms with Crippen LogP contribution in [-0.4, -0.2) is 12.6 Å². The van der Waals surface area contributed by atoms with Crippen LogP contribution in [0, 0.1) is 0 Å². The van der Waals surface area contributed by atoms with Crippen molar-refractivity contribution in [1.29, 1.82) is 0 Å². The molecule has 0 fully saturated rings. The largest absolute Gasteiger partial charge is 0.311 e. The van der Waals surface area contributed by atoms with E-state index in [-0.39, 0.29) is 0 Å². The molecule has 1 rings (SSSR count). The second-order valence-corrected chi connectivity index (χ2v) is 3.53. The van der Waals surface area contributed by atoms with Gasteiger partial charge < -0.3 is 5.32 Å². The summed E-state index contributed by atoms with van der Waals surface area (Å²) in [5, 5.41) is 3.42. The van der Waals surface area contributed by atoms with Gasteiger partial charge in [-0.05, 0) is 18.9 Å². The summed E-state index contributed by atoms with van der Waals surface area (Å²) in [6, 6.07) is 11.0. The Balaban J connectivity index is 2.28. The quantitative estimate of drug-likeness (QED) is 0.750. The third-order valence-corrected chi connectivity index (χ3v) is 2.31. The van der Waals surface area contributed by atoms with Gasteiger partial charge in [-0.25, -0.2) is 0 Å². The molecule has 1 heteroatoms. The first kappa shape index (κ1) is 11.0. The smallest absolute Gasteiger partial charge is 0.0140 e. The minimum atomic E-state index is 0.607. The lowest BCUT2D eigenvalue weighted by molar-refractivity contribution is 0.568. The highest BCUT2D eigenvalue weighted by Gasteiger charge is 1.92. The molecule has 1 atom stereocenters. The molecule has 0 aliphatic rings. The van der Waals surface area contributed by atoms with Gasteiger partial charge in [0.2, 0.25) is 0 Å². The van der Waals surface area contributed by atoms with Gasteiger partial charge in [0.25, 0.3) is 0 Å². The molecule has 76 valence electrons. The summed E-state index contributed by atoms with van der Waals surface area (Å²) in [6.45, 7) is 5.35. The van der Waals surface area contributed by atoms with E-state index in [1.807, 2.05) is 6.07 Å². The van der Waals surface area contributed by atoms with E-state index < -0.39 is 0 Å². The molecule has 0 aliphatic heterocycles. The van der Waals surface area contributed by atoms with E-state index >= 15 is 0 Å². The van der Waals surface area contributed by atoms with E-state index in [1.54, 1.807) is 0 Å². The fourth-order valence-corrected chi connectivity index (χ4v) is 1.17. The number of rotatable bonds is 5. The minimum absolute atomic E-state index is 0.607. The number of benzene rings is 1. The summed E-state index contributed by atoms with van der Waals surface area (Å²) >= 11 is 0. The number of hydrogen-bond acceptors (Lipinski definition) is 1. The Hall–Kier alpha value is -1.08. The van der Waals surface area contributed by atoms with Crippen LogP contribution in [0.4, 0.5) is 0 Å². The van der Waals surface area contributed by atoms with Crippen molar-refractivity contribution in [3.63, 3.8) is 0 Å². The molecule has 0 aliphatic carbocycles. The first-order chi connectivity index (χ1) is 6.83. The Labute approximate surface area is 86.8 Å². The third kappa shape index (κ3) is 4.24. The van der Waals surface area contributed by atoms with Crippen molar-refractivity contribution < 1.29 is 0 Å². The molecule has 0 saturated carbocycles. The van der Waals surface area contributed by atoms with Crippen molar-refractivity contribution in [1.82, 2.24) is 5.32 Å². The van der Waals surface area contributed by atoms with Gasteiger partial charge in [0, 0.05) is 12.6 Å². The monoisotopic (exact) mass is 189 g/mol. The molecule has 0 amide bonds. The predicted molar refractivity (Wildman–Crippen MR) is 63.2 cm³/mol. The SMILES string of the molecule is CCC(C)NC/C=C/c1ccccc1. The lowest BCUT2D eigenvalue weighted by Gasteiger charge is -2.07. The highest BCUT2D eigenvalue weighted by molar-refractivity contribution is 5.48. The summed E-state index contributed by atoms with van der Waals surface area (Å²) in [7, 11) is 0. The fourth-order valence-electron chi connectivity index (χ4n) is 1.17. The molecule has 1 nitrogen and oxygen atoms in total. The standard InChI is InChI=1S/C13H19N/c1-3-12(2)14-11-7-10-13-8-5-4-6-9-13/h4-10,12,14H,3,11H2,1-2H3/b10-7+. The third-order valence-electron chi connectivity index (χ3n) is 2.31. The molecule has 0 radical (unpaired) electrons. The zero-order valence-corrected chi connectivity index (χ0v) is 9.03. The van der Waals surface area contributed by atoms with Crippen LogP contribution in [0.5, 0.6) is 0 Å². The highest BCUT2D eigenvalue weighted by Crippen LogP contribution is 2.00. The Morgan fingerprint density at radius 3 is 2.64 bits per heavy atom. The van der Waals surface area contributed by atoms with Gasteiger partial charge in [0.1, 0.15) is 0 Å². The second kappa shape index (κ2) is 6.39. The molecular formula is C13H19N. The molecule has 0 aromatic heterocycles. The minimum Gasteiger partial charge on any atom is -0.311 e. The molecule has 0 bridgehead atoms. The zero-order chi connectivity index (χ0) is 10.2. The maximum absolute atomic E-state index is 3.42. The van der Waals surface area contributed by atoms with E-state index in [1.165, 1.54) is 12.0 Å². The topological polar surface area (TPSA) is 12.0 Å². The van der Waals surface area contributed by atoms with Crippen molar-refractivity contribution in [3.8, 4) is 0 Å². The van der Waals surface area contributed by atoms with Crippen LogP contribution in [0.2, 0.25) is 0 Å². The van der Waals surface area contributed by atoms with E-state index in [9.17, 15) is 0 Å². The van der Waals surface area contributed by atoms with Gasteiger partial charge >= 0.3 is 0 Å². The maximum Gasteiger partial charge on any atom is 0.0140 e. The Kier molecular flexibility index (Phi) is 5.02. The van der Waals surface area contributed by atoms with Crippen molar-refractivity contribution >= 4 is 6.08 Å². The van der Waals surface area contributed by atoms with Gasteiger partial charge in [0.05, 0.1) is 0 Å². The maximum atomic E-state index is 3.42. The summed E-state index contributed by atoms with van der Waals surface area (Å²) in [4.78, 5) is 0. The molecule has 1 aromatic rings. The molecule has 0 saturated heterocycles. The highest BCUT2D eigenvalue weighted by atomic mass is 14.9. The van der Waals surface area contributed by atoms with Gasteiger partial charge in [-0.3, -0.25) is 0 Å². The number of hydrogen-bond donors (Lipinski definition) is 1. The van der Waals surface area contributed by atoms with E-state index in [0.717, 1.165) is 6.54 Å². The lowest BCUT2D eigenvalue weighted by atomic mass is 10.2. The van der Waals surface area contributed by atoms with Crippen molar-refractivity contribution in [3.05, 3.63) is 42.0 Å². The molecule has 1 N–H and O–H groups in total. The van der Waals surface area contributed by atoms with Crippen LogP contribution in [0.25, 0.3) is 6.08 Å². The molecule has 1 aromatic carbocycles. The first-order valence-corrected chi connectivity index (χ1v) is 5.28. The van der Waals surface area contributed by atoms with Crippen molar-refractivity contribution in [2.45, 2.75) is 26.3 Å². The zero-order valence-electron chi connectivity index (χ0n) is 9.03. The van der Waals surface area contributed by atoms with Crippen LogP contribution in [0.1, 0.15) is 25.8 Å². The fraction of sp³-hybridized carbons (Fsp3) is 0.385. The van der Waals surface area contributed by atoms with Gasteiger partial charge in [0.15, 0.2) is 0 Å².